The number of ether oxygens (including phenoxy) is 1. The van der Waals surface area contributed by atoms with Gasteiger partial charge in [0.25, 0.3) is 0 Å². The third-order valence-corrected chi connectivity index (χ3v) is 8.22. The first-order valence-electron chi connectivity index (χ1n) is 11.0. The van der Waals surface area contributed by atoms with E-state index in [1.54, 1.807) is 4.31 Å². The molecule has 30 heavy (non-hydrogen) atoms. The number of anilines is 1. The Morgan fingerprint density at radius 3 is 2.37 bits per heavy atom. The second-order valence-corrected chi connectivity index (χ2v) is 10.9. The van der Waals surface area contributed by atoms with Crippen LogP contribution >= 0.6 is 0 Å². The Morgan fingerprint density at radius 1 is 1.07 bits per heavy atom. The Balaban J connectivity index is 1.27. The van der Waals surface area contributed by atoms with Gasteiger partial charge in [-0.15, -0.1) is 0 Å². The number of hydrogen-bond acceptors (Lipinski definition) is 5. The minimum absolute atomic E-state index is 0.248. The molecule has 1 aromatic rings. The number of nitrogens with zero attached hydrogens (tertiary/aromatic N) is 3. The first kappa shape index (κ1) is 21.6. The number of para-hydroxylation sites is 1. The smallest absolute Gasteiger partial charge is 0.222 e. The molecule has 1 unspecified atom stereocenters. The number of amides is 1. The molecule has 3 fully saturated rings. The number of hydrogen-bond donors (Lipinski definition) is 0. The lowest BCUT2D eigenvalue weighted by Crippen LogP contribution is -2.52. The van der Waals surface area contributed by atoms with Gasteiger partial charge in [0.1, 0.15) is 0 Å². The number of rotatable bonds is 4. The molecule has 1 atom stereocenters. The fraction of sp³-hybridized carbons (Fsp3) is 0.682. The van der Waals surface area contributed by atoms with Crippen molar-refractivity contribution in [2.45, 2.75) is 37.7 Å². The average Bonchev–Trinajstić information content (AvgIpc) is 2.74. The normalized spacial score (nSPS) is 25.4. The van der Waals surface area contributed by atoms with Crippen LogP contribution in [-0.2, 0) is 19.6 Å². The van der Waals surface area contributed by atoms with E-state index in [1.807, 2.05) is 23.1 Å². The number of carbonyl (C=O) groups excluding carboxylic acids is 1. The Labute approximate surface area is 180 Å². The topological polar surface area (TPSA) is 70.2 Å². The van der Waals surface area contributed by atoms with Crippen LogP contribution in [0.5, 0.6) is 0 Å². The maximum absolute atomic E-state index is 12.9. The molecule has 166 valence electrons. The third kappa shape index (κ3) is 4.98. The Morgan fingerprint density at radius 2 is 1.73 bits per heavy atom. The second-order valence-electron chi connectivity index (χ2n) is 8.96. The molecule has 3 aliphatic rings. The highest BCUT2D eigenvalue weighted by Gasteiger charge is 2.42. The van der Waals surface area contributed by atoms with E-state index in [2.05, 4.69) is 17.0 Å². The lowest BCUT2D eigenvalue weighted by Gasteiger charge is -2.46. The van der Waals surface area contributed by atoms with Gasteiger partial charge in [0.15, 0.2) is 0 Å². The molecule has 0 N–H and O–H groups in total. The summed E-state index contributed by atoms with van der Waals surface area (Å²) < 4.78 is 31.3. The number of piperidine rings is 1. The highest BCUT2D eigenvalue weighted by atomic mass is 32.2. The zero-order valence-corrected chi connectivity index (χ0v) is 18.6. The van der Waals surface area contributed by atoms with E-state index in [9.17, 15) is 13.2 Å². The Kier molecular flexibility index (Phi) is 6.36. The number of carbonyl (C=O) groups is 1. The van der Waals surface area contributed by atoms with E-state index in [1.165, 1.54) is 11.9 Å². The van der Waals surface area contributed by atoms with Crippen molar-refractivity contribution in [3.05, 3.63) is 30.3 Å². The number of piperazine rings is 1. The van der Waals surface area contributed by atoms with Crippen LogP contribution in [0.4, 0.5) is 5.69 Å². The summed E-state index contributed by atoms with van der Waals surface area (Å²) in [6, 6.07) is 10.4. The predicted octanol–water partition coefficient (Wildman–Crippen LogP) is 1.95. The van der Waals surface area contributed by atoms with E-state index in [0.29, 0.717) is 32.0 Å². The van der Waals surface area contributed by atoms with Gasteiger partial charge >= 0.3 is 0 Å². The van der Waals surface area contributed by atoms with Crippen molar-refractivity contribution < 1.29 is 17.9 Å². The highest BCUT2D eigenvalue weighted by molar-refractivity contribution is 7.88. The second kappa shape index (κ2) is 8.85. The molecular weight excluding hydrogens is 402 g/mol. The molecule has 7 nitrogen and oxygen atoms in total. The summed E-state index contributed by atoms with van der Waals surface area (Å²) in [4.78, 5) is 17.3. The van der Waals surface area contributed by atoms with Gasteiger partial charge in [0, 0.05) is 58.0 Å². The lowest BCUT2D eigenvalue weighted by atomic mass is 9.78. The van der Waals surface area contributed by atoms with Crippen molar-refractivity contribution in [1.29, 1.82) is 0 Å². The van der Waals surface area contributed by atoms with Crippen LogP contribution < -0.4 is 4.90 Å². The first-order valence-corrected chi connectivity index (χ1v) is 12.9. The summed E-state index contributed by atoms with van der Waals surface area (Å²) in [7, 11) is -3.14. The fourth-order valence-electron chi connectivity index (χ4n) is 5.11. The molecule has 1 amide bonds. The van der Waals surface area contributed by atoms with E-state index in [4.69, 9.17) is 4.74 Å². The van der Waals surface area contributed by atoms with E-state index in [0.717, 1.165) is 51.9 Å². The van der Waals surface area contributed by atoms with Gasteiger partial charge in [0.05, 0.1) is 11.9 Å². The van der Waals surface area contributed by atoms with Crippen LogP contribution in [0.1, 0.15) is 32.1 Å². The summed E-state index contributed by atoms with van der Waals surface area (Å²) >= 11 is 0. The van der Waals surface area contributed by atoms with E-state index >= 15 is 0 Å². The summed E-state index contributed by atoms with van der Waals surface area (Å²) in [5, 5.41) is 0. The van der Waals surface area contributed by atoms with Crippen LogP contribution in [-0.4, -0.2) is 81.3 Å². The monoisotopic (exact) mass is 435 g/mol. The van der Waals surface area contributed by atoms with Crippen LogP contribution in [0.15, 0.2) is 30.3 Å². The van der Waals surface area contributed by atoms with Crippen molar-refractivity contribution in [2.75, 3.05) is 57.0 Å². The highest BCUT2D eigenvalue weighted by Crippen LogP contribution is 2.39. The molecule has 0 saturated carbocycles. The SMILES string of the molecule is CS(=O)(=O)N1CCC2(CC1)CC(CC(=O)N1CCN(c3ccccc3)CC1)CCO2. The molecule has 0 aliphatic carbocycles. The summed E-state index contributed by atoms with van der Waals surface area (Å²) in [6.07, 6.45) is 5.06. The van der Waals surface area contributed by atoms with Crippen LogP contribution in [0.2, 0.25) is 0 Å². The van der Waals surface area contributed by atoms with Gasteiger partial charge in [-0.2, -0.15) is 0 Å². The van der Waals surface area contributed by atoms with Crippen LogP contribution in [0.3, 0.4) is 0 Å². The molecule has 4 rings (SSSR count). The van der Waals surface area contributed by atoms with Crippen molar-refractivity contribution in [2.24, 2.45) is 5.92 Å². The molecule has 0 radical (unpaired) electrons. The van der Waals surface area contributed by atoms with Gasteiger partial charge in [0.2, 0.25) is 15.9 Å². The molecule has 1 aromatic carbocycles. The largest absolute Gasteiger partial charge is 0.375 e. The number of benzene rings is 1. The van der Waals surface area contributed by atoms with E-state index < -0.39 is 10.0 Å². The molecule has 8 heteroatoms. The summed E-state index contributed by atoms with van der Waals surface area (Å²) in [6.45, 7) is 4.97. The fourth-order valence-corrected chi connectivity index (χ4v) is 5.95. The third-order valence-electron chi connectivity index (χ3n) is 6.91. The molecule has 3 saturated heterocycles. The first-order chi connectivity index (χ1) is 14.3. The maximum Gasteiger partial charge on any atom is 0.222 e. The van der Waals surface area contributed by atoms with Crippen molar-refractivity contribution in [3.8, 4) is 0 Å². The van der Waals surface area contributed by atoms with Gasteiger partial charge in [-0.25, -0.2) is 12.7 Å². The predicted molar refractivity (Wildman–Crippen MR) is 117 cm³/mol. The lowest BCUT2D eigenvalue weighted by molar-refractivity contribution is -0.140. The molecular formula is C22H33N3O4S. The zero-order chi connectivity index (χ0) is 21.2. The molecule has 3 heterocycles. The van der Waals surface area contributed by atoms with Gasteiger partial charge in [-0.3, -0.25) is 4.79 Å². The molecule has 3 aliphatic heterocycles. The van der Waals surface area contributed by atoms with Gasteiger partial charge < -0.3 is 14.5 Å². The van der Waals surface area contributed by atoms with Crippen molar-refractivity contribution in [1.82, 2.24) is 9.21 Å². The van der Waals surface area contributed by atoms with E-state index in [-0.39, 0.29) is 11.5 Å². The van der Waals surface area contributed by atoms with Crippen LogP contribution in [0.25, 0.3) is 0 Å². The van der Waals surface area contributed by atoms with Crippen LogP contribution in [0, 0.1) is 5.92 Å². The van der Waals surface area contributed by atoms with Crippen molar-refractivity contribution in [3.63, 3.8) is 0 Å². The Bertz CT molecular complexity index is 829. The maximum atomic E-state index is 12.9. The standard InChI is InChI=1S/C22H33N3O4S/c1-30(27,28)25-10-8-22(9-11-25)18-19(7-16-29-22)17-21(26)24-14-12-23(13-15-24)20-5-3-2-4-6-20/h2-6,19H,7-18H2,1H3. The minimum atomic E-state index is -3.14. The number of sulfonamides is 1. The summed E-state index contributed by atoms with van der Waals surface area (Å²) in [5.41, 5.74) is 0.965. The van der Waals surface area contributed by atoms with Gasteiger partial charge in [-0.05, 0) is 43.7 Å². The molecule has 1 spiro atoms. The zero-order valence-electron chi connectivity index (χ0n) is 17.8. The van der Waals surface area contributed by atoms with Gasteiger partial charge in [-0.1, -0.05) is 18.2 Å². The molecule has 0 aromatic heterocycles. The average molecular weight is 436 g/mol. The quantitative estimate of drug-likeness (QED) is 0.723. The summed E-state index contributed by atoms with van der Waals surface area (Å²) in [5.74, 6) is 0.571. The Hall–Kier alpha value is -1.64. The minimum Gasteiger partial charge on any atom is -0.375 e. The van der Waals surface area contributed by atoms with Crippen molar-refractivity contribution >= 4 is 21.6 Å². The molecule has 0 bridgehead atoms.